The van der Waals surface area contributed by atoms with Crippen LogP contribution in [0.25, 0.3) is 0 Å². The highest BCUT2D eigenvalue weighted by atomic mass is 32.2. The van der Waals surface area contributed by atoms with E-state index in [2.05, 4.69) is 10.5 Å². The van der Waals surface area contributed by atoms with E-state index in [0.717, 1.165) is 22.6 Å². The number of hydrogen-bond donors (Lipinski definition) is 2. The molecule has 2 aromatic rings. The van der Waals surface area contributed by atoms with Crippen LogP contribution in [-0.4, -0.2) is 41.0 Å². The Labute approximate surface area is 156 Å². The van der Waals surface area contributed by atoms with Gasteiger partial charge in [0.25, 0.3) is 0 Å². The smallest absolute Gasteiger partial charge is 0.341 e. The minimum Gasteiger partial charge on any atom is -0.482 e. The maximum absolute atomic E-state index is 11.9. The summed E-state index contributed by atoms with van der Waals surface area (Å²) in [6.07, 6.45) is 0.694. The monoisotopic (exact) mass is 378 g/mol. The second-order valence-electron chi connectivity index (χ2n) is 5.72. The first-order valence-electron chi connectivity index (χ1n) is 8.15. The van der Waals surface area contributed by atoms with Crippen molar-refractivity contribution >= 4 is 23.6 Å². The van der Waals surface area contributed by atoms with Crippen molar-refractivity contribution in [3.8, 4) is 5.75 Å². The maximum atomic E-state index is 11.9. The van der Waals surface area contributed by atoms with Crippen LogP contribution in [0.2, 0.25) is 0 Å². The fraction of sp³-hybridized carbons (Fsp3) is 0.389. The molecule has 26 heavy (non-hydrogen) atoms. The summed E-state index contributed by atoms with van der Waals surface area (Å²) in [5.74, 6) is 1.37. The number of nitrogens with one attached hydrogen (secondary N) is 1. The van der Waals surface area contributed by atoms with Crippen molar-refractivity contribution in [2.45, 2.75) is 26.0 Å². The fourth-order valence-electron chi connectivity index (χ4n) is 2.25. The standard InChI is InChI=1S/C18H22N2O5S/c1-12-16(13(2)25-20-12)10-26-11-17(21)19-8-7-14-3-5-15(6-4-14)24-9-18(22)23/h3-6H,7-11H2,1-2H3,(H,19,21)(H,22,23). The van der Waals surface area contributed by atoms with Gasteiger partial charge in [-0.05, 0) is 38.0 Å². The molecule has 0 bridgehead atoms. The first-order chi connectivity index (χ1) is 12.5. The van der Waals surface area contributed by atoms with E-state index in [4.69, 9.17) is 14.4 Å². The number of ether oxygens (including phenoxy) is 1. The SMILES string of the molecule is Cc1noc(C)c1CSCC(=O)NCCc1ccc(OCC(=O)O)cc1. The zero-order valence-corrected chi connectivity index (χ0v) is 15.6. The molecule has 2 rings (SSSR count). The molecule has 0 saturated heterocycles. The molecule has 0 aliphatic carbocycles. The summed E-state index contributed by atoms with van der Waals surface area (Å²) in [5.41, 5.74) is 2.95. The molecule has 1 aromatic carbocycles. The first kappa shape index (κ1) is 19.8. The van der Waals surface area contributed by atoms with Gasteiger partial charge in [0.2, 0.25) is 5.91 Å². The lowest BCUT2D eigenvalue weighted by atomic mass is 10.1. The van der Waals surface area contributed by atoms with E-state index in [9.17, 15) is 9.59 Å². The zero-order valence-electron chi connectivity index (χ0n) is 14.8. The molecule has 0 radical (unpaired) electrons. The van der Waals surface area contributed by atoms with E-state index < -0.39 is 5.97 Å². The highest BCUT2D eigenvalue weighted by molar-refractivity contribution is 7.99. The molecular formula is C18H22N2O5S. The van der Waals surface area contributed by atoms with E-state index >= 15 is 0 Å². The molecule has 0 aliphatic rings. The summed E-state index contributed by atoms with van der Waals surface area (Å²) < 4.78 is 10.2. The Morgan fingerprint density at radius 1 is 1.27 bits per heavy atom. The summed E-state index contributed by atoms with van der Waals surface area (Å²) in [5, 5.41) is 15.3. The van der Waals surface area contributed by atoms with Crippen molar-refractivity contribution in [2.24, 2.45) is 0 Å². The number of carbonyl (C=O) groups excluding carboxylic acids is 1. The van der Waals surface area contributed by atoms with Gasteiger partial charge in [0.05, 0.1) is 11.4 Å². The topological polar surface area (TPSA) is 102 Å². The Bertz CT molecular complexity index is 723. The molecule has 0 aliphatic heterocycles. The number of carboxylic acids is 1. The number of thioether (sulfide) groups is 1. The lowest BCUT2D eigenvalue weighted by molar-refractivity contribution is -0.139. The Kier molecular flexibility index (Phi) is 7.53. The van der Waals surface area contributed by atoms with Gasteiger partial charge in [-0.25, -0.2) is 4.79 Å². The second-order valence-corrected chi connectivity index (χ2v) is 6.71. The molecule has 2 N–H and O–H groups in total. The van der Waals surface area contributed by atoms with Gasteiger partial charge in [-0.15, -0.1) is 11.8 Å². The van der Waals surface area contributed by atoms with Crippen molar-refractivity contribution in [1.82, 2.24) is 10.5 Å². The van der Waals surface area contributed by atoms with Gasteiger partial charge in [-0.1, -0.05) is 17.3 Å². The minimum atomic E-state index is -1.01. The largest absolute Gasteiger partial charge is 0.482 e. The Hall–Kier alpha value is -2.48. The second kappa shape index (κ2) is 9.86. The number of aliphatic carboxylic acids is 1. The van der Waals surface area contributed by atoms with Crippen molar-refractivity contribution in [1.29, 1.82) is 0 Å². The summed E-state index contributed by atoms with van der Waals surface area (Å²) >= 11 is 1.53. The molecule has 140 valence electrons. The van der Waals surface area contributed by atoms with Gasteiger partial charge < -0.3 is 19.7 Å². The number of carbonyl (C=O) groups is 2. The number of hydrogen-bond acceptors (Lipinski definition) is 6. The lowest BCUT2D eigenvalue weighted by Crippen LogP contribution is -2.27. The van der Waals surface area contributed by atoms with Crippen LogP contribution >= 0.6 is 11.8 Å². The molecule has 7 nitrogen and oxygen atoms in total. The number of aromatic nitrogens is 1. The minimum absolute atomic E-state index is 0.0110. The summed E-state index contributed by atoms with van der Waals surface area (Å²) in [7, 11) is 0. The Balaban J connectivity index is 1.64. The van der Waals surface area contributed by atoms with Gasteiger partial charge in [0, 0.05) is 17.9 Å². The van der Waals surface area contributed by atoms with Crippen molar-refractivity contribution < 1.29 is 24.0 Å². The molecule has 1 heterocycles. The van der Waals surface area contributed by atoms with Crippen molar-refractivity contribution in [3.05, 3.63) is 46.8 Å². The average Bonchev–Trinajstić information content (AvgIpc) is 2.93. The zero-order chi connectivity index (χ0) is 18.9. The van der Waals surface area contributed by atoms with Crippen LogP contribution < -0.4 is 10.1 Å². The van der Waals surface area contributed by atoms with Crippen molar-refractivity contribution in [3.63, 3.8) is 0 Å². The number of benzene rings is 1. The summed E-state index contributed by atoms with van der Waals surface area (Å²) in [4.78, 5) is 22.3. The Morgan fingerprint density at radius 3 is 2.62 bits per heavy atom. The lowest BCUT2D eigenvalue weighted by Gasteiger charge is -2.07. The van der Waals surface area contributed by atoms with Crippen LogP contribution in [-0.2, 0) is 21.8 Å². The van der Waals surface area contributed by atoms with Crippen molar-refractivity contribution in [2.75, 3.05) is 18.9 Å². The van der Waals surface area contributed by atoms with E-state index in [1.165, 1.54) is 11.8 Å². The molecule has 0 unspecified atom stereocenters. The quantitative estimate of drug-likeness (QED) is 0.654. The third kappa shape index (κ3) is 6.44. The van der Waals surface area contributed by atoms with Crippen LogP contribution in [0.4, 0.5) is 0 Å². The van der Waals surface area contributed by atoms with Crippen LogP contribution in [0.1, 0.15) is 22.6 Å². The van der Waals surface area contributed by atoms with Crippen LogP contribution in [0.3, 0.4) is 0 Å². The van der Waals surface area contributed by atoms with Gasteiger partial charge in [-0.3, -0.25) is 4.79 Å². The highest BCUT2D eigenvalue weighted by Crippen LogP contribution is 2.19. The van der Waals surface area contributed by atoms with Gasteiger partial charge in [-0.2, -0.15) is 0 Å². The van der Waals surface area contributed by atoms with E-state index in [1.54, 1.807) is 12.1 Å². The predicted molar refractivity (Wildman–Crippen MR) is 98.4 cm³/mol. The molecule has 0 atom stereocenters. The van der Waals surface area contributed by atoms with Crippen LogP contribution in [0.15, 0.2) is 28.8 Å². The fourth-order valence-corrected chi connectivity index (χ4v) is 3.25. The third-order valence-electron chi connectivity index (χ3n) is 3.68. The highest BCUT2D eigenvalue weighted by Gasteiger charge is 2.10. The van der Waals surface area contributed by atoms with E-state index in [1.807, 2.05) is 26.0 Å². The first-order valence-corrected chi connectivity index (χ1v) is 9.31. The summed E-state index contributed by atoms with van der Waals surface area (Å²) in [6.45, 7) is 3.94. The number of aryl methyl sites for hydroxylation is 2. The summed E-state index contributed by atoms with van der Waals surface area (Å²) in [6, 6.07) is 7.16. The molecule has 0 saturated carbocycles. The Morgan fingerprint density at radius 2 is 2.00 bits per heavy atom. The average molecular weight is 378 g/mol. The number of rotatable bonds is 10. The molecule has 0 spiro atoms. The van der Waals surface area contributed by atoms with E-state index in [-0.39, 0.29) is 12.5 Å². The number of amides is 1. The number of nitrogens with zero attached hydrogens (tertiary/aromatic N) is 1. The maximum Gasteiger partial charge on any atom is 0.341 e. The van der Waals surface area contributed by atoms with Crippen LogP contribution in [0, 0.1) is 13.8 Å². The van der Waals surface area contributed by atoms with Crippen LogP contribution in [0.5, 0.6) is 5.75 Å². The molecule has 8 heteroatoms. The molecular weight excluding hydrogens is 356 g/mol. The molecule has 0 fully saturated rings. The van der Waals surface area contributed by atoms with Gasteiger partial charge in [0.1, 0.15) is 11.5 Å². The third-order valence-corrected chi connectivity index (χ3v) is 4.64. The van der Waals surface area contributed by atoms with Gasteiger partial charge >= 0.3 is 5.97 Å². The van der Waals surface area contributed by atoms with E-state index in [0.29, 0.717) is 30.2 Å². The van der Waals surface area contributed by atoms with Gasteiger partial charge in [0.15, 0.2) is 6.61 Å². The normalized spacial score (nSPS) is 10.5. The molecule has 1 amide bonds. The molecule has 1 aromatic heterocycles. The predicted octanol–water partition coefficient (Wildman–Crippen LogP) is 2.35. The number of carboxylic acid groups (broad SMARTS) is 1.